The molecule has 2 rings (SSSR count). The van der Waals surface area contributed by atoms with Crippen molar-refractivity contribution in [2.45, 2.75) is 32.5 Å². The van der Waals surface area contributed by atoms with Gasteiger partial charge >= 0.3 is 0 Å². The summed E-state index contributed by atoms with van der Waals surface area (Å²) >= 11 is 3.37. The number of hydrogen-bond donors (Lipinski definition) is 1. The molecule has 1 aliphatic heterocycles. The van der Waals surface area contributed by atoms with E-state index in [4.69, 9.17) is 4.74 Å². The van der Waals surface area contributed by atoms with Crippen LogP contribution < -0.4 is 5.32 Å². The Morgan fingerprint density at radius 1 is 1.60 bits per heavy atom. The minimum absolute atomic E-state index is 0.0219. The number of pyridine rings is 1. The molecule has 1 unspecified atom stereocenters. The highest BCUT2D eigenvalue weighted by Gasteiger charge is 2.34. The van der Waals surface area contributed by atoms with Crippen LogP contribution in [0.25, 0.3) is 0 Å². The molecular weight excluding hydrogens is 322 g/mol. The van der Waals surface area contributed by atoms with Gasteiger partial charge in [-0.15, -0.1) is 0 Å². The second kappa shape index (κ2) is 5.69. The van der Waals surface area contributed by atoms with E-state index in [2.05, 4.69) is 26.2 Å². The molecular formula is C14H20BrN3O2. The molecule has 0 radical (unpaired) electrons. The Bertz CT molecular complexity index is 519. The molecule has 0 spiro atoms. The molecule has 1 aromatic rings. The molecule has 1 aliphatic rings. The van der Waals surface area contributed by atoms with Crippen molar-refractivity contribution in [1.29, 1.82) is 0 Å². The number of nitrogens with zero attached hydrogens (tertiary/aromatic N) is 2. The molecule has 0 saturated carbocycles. The summed E-state index contributed by atoms with van der Waals surface area (Å²) < 4.78 is 6.63. The zero-order chi connectivity index (χ0) is 14.9. The minimum atomic E-state index is -0.327. The predicted molar refractivity (Wildman–Crippen MR) is 82.0 cm³/mol. The zero-order valence-corrected chi connectivity index (χ0v) is 13.8. The Hall–Kier alpha value is -1.14. The third-order valence-corrected chi connectivity index (χ3v) is 3.61. The van der Waals surface area contributed by atoms with Gasteiger partial charge in [0.05, 0.1) is 17.3 Å². The van der Waals surface area contributed by atoms with E-state index in [1.807, 2.05) is 25.7 Å². The molecule has 1 fully saturated rings. The van der Waals surface area contributed by atoms with Crippen molar-refractivity contribution in [3.05, 3.63) is 22.3 Å². The number of rotatable bonds is 2. The van der Waals surface area contributed by atoms with Crippen LogP contribution >= 0.6 is 15.9 Å². The van der Waals surface area contributed by atoms with Gasteiger partial charge in [0.2, 0.25) is 0 Å². The summed E-state index contributed by atoms with van der Waals surface area (Å²) in [7, 11) is 1.76. The third kappa shape index (κ3) is 3.30. The van der Waals surface area contributed by atoms with Gasteiger partial charge < -0.3 is 15.0 Å². The Kier molecular flexibility index (Phi) is 4.34. The maximum atomic E-state index is 12.7. The van der Waals surface area contributed by atoms with Crippen LogP contribution in [0.1, 0.15) is 31.1 Å². The molecule has 1 aromatic heterocycles. The van der Waals surface area contributed by atoms with Crippen LogP contribution in [-0.4, -0.2) is 47.6 Å². The maximum absolute atomic E-state index is 12.7. The second-order valence-corrected chi connectivity index (χ2v) is 6.59. The van der Waals surface area contributed by atoms with Gasteiger partial charge in [-0.25, -0.2) is 4.98 Å². The Balaban J connectivity index is 2.29. The number of anilines is 1. The molecule has 6 heteroatoms. The first-order chi connectivity index (χ1) is 9.32. The molecule has 5 nitrogen and oxygen atoms in total. The largest absolute Gasteiger partial charge is 0.372 e. The standard InChI is InChI=1S/C14H20BrN3O2/c1-9-7-18(8-14(2,3)20-9)13(19)11-5-10(15)6-17-12(11)16-4/h5-6,9H,7-8H2,1-4H3,(H,16,17). The molecule has 1 saturated heterocycles. The fraction of sp³-hybridized carbons (Fsp3) is 0.571. The van der Waals surface area contributed by atoms with Gasteiger partial charge in [0, 0.05) is 30.8 Å². The van der Waals surface area contributed by atoms with E-state index in [0.29, 0.717) is 24.5 Å². The Morgan fingerprint density at radius 3 is 2.90 bits per heavy atom. The molecule has 2 heterocycles. The topological polar surface area (TPSA) is 54.5 Å². The first-order valence-electron chi connectivity index (χ1n) is 6.63. The summed E-state index contributed by atoms with van der Waals surface area (Å²) in [6.07, 6.45) is 1.70. The van der Waals surface area contributed by atoms with Crippen molar-refractivity contribution in [3.63, 3.8) is 0 Å². The summed E-state index contributed by atoms with van der Waals surface area (Å²) in [5.41, 5.74) is 0.249. The number of morpholine rings is 1. The summed E-state index contributed by atoms with van der Waals surface area (Å²) in [6, 6.07) is 1.80. The molecule has 110 valence electrons. The number of aromatic nitrogens is 1. The monoisotopic (exact) mass is 341 g/mol. The first-order valence-corrected chi connectivity index (χ1v) is 7.42. The third-order valence-electron chi connectivity index (χ3n) is 3.18. The van der Waals surface area contributed by atoms with Crippen LogP contribution in [0.15, 0.2) is 16.7 Å². The van der Waals surface area contributed by atoms with Crippen molar-refractivity contribution < 1.29 is 9.53 Å². The van der Waals surface area contributed by atoms with E-state index in [9.17, 15) is 4.79 Å². The van der Waals surface area contributed by atoms with Gasteiger partial charge in [0.1, 0.15) is 5.82 Å². The lowest BCUT2D eigenvalue weighted by Crippen LogP contribution is -2.53. The summed E-state index contributed by atoms with van der Waals surface area (Å²) in [5, 5.41) is 2.96. The van der Waals surface area contributed by atoms with Gasteiger partial charge in [-0.3, -0.25) is 4.79 Å². The van der Waals surface area contributed by atoms with Gasteiger partial charge in [-0.05, 0) is 42.8 Å². The van der Waals surface area contributed by atoms with Crippen molar-refractivity contribution in [1.82, 2.24) is 9.88 Å². The SMILES string of the molecule is CNc1ncc(Br)cc1C(=O)N1CC(C)OC(C)(C)C1. The van der Waals surface area contributed by atoms with Crippen LogP contribution in [0.3, 0.4) is 0 Å². The van der Waals surface area contributed by atoms with E-state index >= 15 is 0 Å². The van der Waals surface area contributed by atoms with Crippen LogP contribution in [-0.2, 0) is 4.74 Å². The highest BCUT2D eigenvalue weighted by molar-refractivity contribution is 9.10. The highest BCUT2D eigenvalue weighted by atomic mass is 79.9. The second-order valence-electron chi connectivity index (χ2n) is 5.67. The lowest BCUT2D eigenvalue weighted by molar-refractivity contribution is -0.118. The van der Waals surface area contributed by atoms with Gasteiger partial charge in [0.15, 0.2) is 0 Å². The zero-order valence-electron chi connectivity index (χ0n) is 12.2. The summed E-state index contributed by atoms with van der Waals surface area (Å²) in [4.78, 5) is 18.8. The number of amides is 1. The Morgan fingerprint density at radius 2 is 2.30 bits per heavy atom. The predicted octanol–water partition coefficient (Wildman–Crippen LogP) is 2.53. The fourth-order valence-corrected chi connectivity index (χ4v) is 2.91. The molecule has 0 aromatic carbocycles. The van der Waals surface area contributed by atoms with Crippen molar-refractivity contribution in [3.8, 4) is 0 Å². The number of hydrogen-bond acceptors (Lipinski definition) is 4. The van der Waals surface area contributed by atoms with E-state index in [1.54, 1.807) is 19.3 Å². The van der Waals surface area contributed by atoms with Crippen LogP contribution in [0, 0.1) is 0 Å². The molecule has 1 atom stereocenters. The Labute approximate surface area is 127 Å². The summed E-state index contributed by atoms with van der Waals surface area (Å²) in [6.45, 7) is 7.16. The molecule has 0 aliphatic carbocycles. The molecule has 1 amide bonds. The molecule has 20 heavy (non-hydrogen) atoms. The number of halogens is 1. The minimum Gasteiger partial charge on any atom is -0.372 e. The van der Waals surface area contributed by atoms with E-state index in [-0.39, 0.29) is 17.6 Å². The van der Waals surface area contributed by atoms with Gasteiger partial charge in [0.25, 0.3) is 5.91 Å². The number of carbonyl (C=O) groups excluding carboxylic acids is 1. The quantitative estimate of drug-likeness (QED) is 0.897. The highest BCUT2D eigenvalue weighted by Crippen LogP contribution is 2.25. The fourth-order valence-electron chi connectivity index (χ4n) is 2.58. The van der Waals surface area contributed by atoms with Crippen LogP contribution in [0.5, 0.6) is 0 Å². The van der Waals surface area contributed by atoms with E-state index < -0.39 is 0 Å². The lowest BCUT2D eigenvalue weighted by atomic mass is 10.0. The number of carbonyl (C=O) groups is 1. The summed E-state index contributed by atoms with van der Waals surface area (Å²) in [5.74, 6) is 0.571. The van der Waals surface area contributed by atoms with Crippen LogP contribution in [0.2, 0.25) is 0 Å². The molecule has 1 N–H and O–H groups in total. The lowest BCUT2D eigenvalue weighted by Gasteiger charge is -2.41. The van der Waals surface area contributed by atoms with Crippen molar-refractivity contribution >= 4 is 27.7 Å². The number of nitrogens with one attached hydrogen (secondary N) is 1. The van der Waals surface area contributed by atoms with E-state index in [0.717, 1.165) is 4.47 Å². The molecule has 0 bridgehead atoms. The van der Waals surface area contributed by atoms with Gasteiger partial charge in [-0.2, -0.15) is 0 Å². The van der Waals surface area contributed by atoms with Gasteiger partial charge in [-0.1, -0.05) is 0 Å². The average Bonchev–Trinajstić information content (AvgIpc) is 2.35. The first kappa shape index (κ1) is 15.3. The maximum Gasteiger partial charge on any atom is 0.257 e. The van der Waals surface area contributed by atoms with Crippen LogP contribution in [0.4, 0.5) is 5.82 Å². The average molecular weight is 342 g/mol. The smallest absolute Gasteiger partial charge is 0.257 e. The van der Waals surface area contributed by atoms with E-state index in [1.165, 1.54) is 0 Å². The van der Waals surface area contributed by atoms with Crippen molar-refractivity contribution in [2.24, 2.45) is 0 Å². The number of ether oxygens (including phenoxy) is 1. The van der Waals surface area contributed by atoms with Crippen molar-refractivity contribution in [2.75, 3.05) is 25.5 Å². The normalized spacial score (nSPS) is 21.6.